The van der Waals surface area contributed by atoms with Crippen molar-refractivity contribution < 1.29 is 0 Å². The van der Waals surface area contributed by atoms with Gasteiger partial charge in [0.2, 0.25) is 10.9 Å². The Kier molecular flexibility index (Phi) is 4.03. The van der Waals surface area contributed by atoms with E-state index >= 15 is 0 Å². The first-order valence-corrected chi connectivity index (χ1v) is 8.80. The summed E-state index contributed by atoms with van der Waals surface area (Å²) in [6.07, 6.45) is 0. The van der Waals surface area contributed by atoms with Gasteiger partial charge < -0.3 is 10.3 Å². The van der Waals surface area contributed by atoms with E-state index in [0.29, 0.717) is 5.69 Å². The number of hydrogen-bond donors (Lipinski definition) is 2. The van der Waals surface area contributed by atoms with Crippen LogP contribution < -0.4 is 21.7 Å². The van der Waals surface area contributed by atoms with E-state index in [0.717, 1.165) is 11.3 Å². The first kappa shape index (κ1) is 16.7. The average molecular weight is 373 g/mol. The van der Waals surface area contributed by atoms with Gasteiger partial charge in [-0.15, -0.1) is 11.3 Å². The molecule has 130 valence electrons. The Morgan fingerprint density at radius 1 is 0.889 bits per heavy atom. The Hall–Kier alpha value is -3.76. The number of para-hydroxylation sites is 1. The minimum Gasteiger partial charge on any atom is -0.346 e. The van der Waals surface area contributed by atoms with Crippen molar-refractivity contribution >= 4 is 32.8 Å². The quantitative estimate of drug-likeness (QED) is 0.562. The molecule has 1 aliphatic carbocycles. The molecule has 2 aromatic rings. The van der Waals surface area contributed by atoms with Gasteiger partial charge in [0.1, 0.15) is 21.0 Å². The highest BCUT2D eigenvalue weighted by molar-refractivity contribution is 7.14. The highest BCUT2D eigenvalue weighted by atomic mass is 32.1. The summed E-state index contributed by atoms with van der Waals surface area (Å²) in [5.74, 6) is 0. The normalized spacial score (nSPS) is 10.6. The van der Waals surface area contributed by atoms with Crippen molar-refractivity contribution in [2.24, 2.45) is 0 Å². The van der Waals surface area contributed by atoms with Crippen molar-refractivity contribution in [1.82, 2.24) is 4.98 Å². The fourth-order valence-electron chi connectivity index (χ4n) is 2.84. The van der Waals surface area contributed by atoms with Gasteiger partial charge in [-0.1, -0.05) is 42.5 Å². The highest BCUT2D eigenvalue weighted by Gasteiger charge is 2.13. The second-order valence-corrected chi connectivity index (χ2v) is 6.79. The summed E-state index contributed by atoms with van der Waals surface area (Å²) in [5.41, 5.74) is -1.08. The van der Waals surface area contributed by atoms with Gasteiger partial charge in [-0.2, -0.15) is 5.26 Å². The third kappa shape index (κ3) is 2.78. The third-order valence-electron chi connectivity index (χ3n) is 4.12. The zero-order valence-electron chi connectivity index (χ0n) is 13.8. The summed E-state index contributed by atoms with van der Waals surface area (Å²) in [6.45, 7) is 0. The van der Waals surface area contributed by atoms with E-state index in [4.69, 9.17) is 0 Å². The van der Waals surface area contributed by atoms with Gasteiger partial charge in [0.05, 0.1) is 0 Å². The van der Waals surface area contributed by atoms with E-state index in [-0.39, 0.29) is 36.6 Å². The Morgan fingerprint density at radius 2 is 1.52 bits per heavy atom. The maximum atomic E-state index is 12.9. The molecule has 0 saturated carbocycles. The van der Waals surface area contributed by atoms with Crippen molar-refractivity contribution in [3.8, 4) is 6.07 Å². The molecule has 6 nitrogen and oxygen atoms in total. The standard InChI is InChI=1S/C20H11N3O3S/c21-10-14-19(26)23-15-16(24)12-8-4-5-9-13(12)17(25)18(15)27-20(14)22-11-6-2-1-3-7-11/h1-9,22H,(H,23,26). The summed E-state index contributed by atoms with van der Waals surface area (Å²) >= 11 is 0.915. The molecule has 0 bridgehead atoms. The zero-order chi connectivity index (χ0) is 19.0. The second-order valence-electron chi connectivity index (χ2n) is 5.77. The lowest BCUT2D eigenvalue weighted by molar-refractivity contribution is 1.17. The van der Waals surface area contributed by atoms with E-state index in [1.165, 1.54) is 0 Å². The fraction of sp³-hybridized carbons (Fsp3) is 0. The van der Waals surface area contributed by atoms with Gasteiger partial charge in [0.25, 0.3) is 5.56 Å². The topological polar surface area (TPSA) is 103 Å². The first-order chi connectivity index (χ1) is 13.1. The summed E-state index contributed by atoms with van der Waals surface area (Å²) in [6, 6.07) is 17.3. The fourth-order valence-corrected chi connectivity index (χ4v) is 3.90. The molecule has 2 aromatic carbocycles. The van der Waals surface area contributed by atoms with Crippen LogP contribution in [0.3, 0.4) is 0 Å². The van der Waals surface area contributed by atoms with E-state index < -0.39 is 11.0 Å². The van der Waals surface area contributed by atoms with E-state index in [1.54, 1.807) is 48.5 Å². The van der Waals surface area contributed by atoms with Crippen molar-refractivity contribution in [2.75, 3.05) is 5.32 Å². The van der Waals surface area contributed by atoms with Gasteiger partial charge in [-0.3, -0.25) is 14.4 Å². The van der Waals surface area contributed by atoms with E-state index in [1.807, 2.05) is 12.1 Å². The molecule has 0 radical (unpaired) electrons. The molecule has 0 amide bonds. The van der Waals surface area contributed by atoms with Crippen LogP contribution in [-0.2, 0) is 0 Å². The number of benzene rings is 2. The van der Waals surface area contributed by atoms with Crippen LogP contribution in [0.5, 0.6) is 0 Å². The molecule has 0 spiro atoms. The molecule has 0 atom stereocenters. The van der Waals surface area contributed by atoms with Crippen molar-refractivity contribution in [2.45, 2.75) is 0 Å². The van der Waals surface area contributed by atoms with Crippen molar-refractivity contribution in [1.29, 1.82) is 5.26 Å². The van der Waals surface area contributed by atoms with Crippen molar-refractivity contribution in [3.05, 3.63) is 101 Å². The lowest BCUT2D eigenvalue weighted by Crippen LogP contribution is -2.17. The number of nitrogens with zero attached hydrogens (tertiary/aromatic N) is 1. The minimum atomic E-state index is -0.728. The lowest BCUT2D eigenvalue weighted by Gasteiger charge is -2.04. The SMILES string of the molecule is N#Cc1c(Nc2ccccc2)sc2c(=O)c3ccccc3c(=O)c=2[nH]c1=O. The van der Waals surface area contributed by atoms with Crippen LogP contribution in [0.25, 0.3) is 10.8 Å². The average Bonchev–Trinajstić information content (AvgIpc) is 2.83. The van der Waals surface area contributed by atoms with Crippen LogP contribution in [0.15, 0.2) is 69.0 Å². The molecule has 2 N–H and O–H groups in total. The lowest BCUT2D eigenvalue weighted by atomic mass is 10.1. The zero-order valence-corrected chi connectivity index (χ0v) is 14.6. The Morgan fingerprint density at radius 3 is 2.19 bits per heavy atom. The number of fused-ring (bicyclic) bond motifs is 1. The van der Waals surface area contributed by atoms with E-state index in [2.05, 4.69) is 10.3 Å². The molecule has 1 heterocycles. The Labute approximate surface area is 155 Å². The minimum absolute atomic E-state index is 0.0914. The molecule has 0 aromatic heterocycles. The second kappa shape index (κ2) is 6.52. The number of anilines is 2. The largest absolute Gasteiger partial charge is 0.346 e. The molecular formula is C20H11N3O3S. The van der Waals surface area contributed by atoms with Crippen molar-refractivity contribution in [3.63, 3.8) is 0 Å². The smallest absolute Gasteiger partial charge is 0.269 e. The molecule has 0 unspecified atom stereocenters. The Bertz CT molecular complexity index is 1470. The summed E-state index contributed by atoms with van der Waals surface area (Å²) in [4.78, 5) is 40.7. The van der Waals surface area contributed by atoms with E-state index in [9.17, 15) is 19.6 Å². The maximum Gasteiger partial charge on any atom is 0.269 e. The number of aromatic amines is 1. The summed E-state index contributed by atoms with van der Waals surface area (Å²) in [7, 11) is 0. The Balaban J connectivity index is 2.20. The van der Waals surface area contributed by atoms with Crippen LogP contribution >= 0.6 is 11.3 Å². The predicted molar refractivity (Wildman–Crippen MR) is 105 cm³/mol. The van der Waals surface area contributed by atoms with Crippen LogP contribution in [0.2, 0.25) is 0 Å². The molecule has 0 fully saturated rings. The molecule has 4 rings (SSSR count). The number of H-pyrrole nitrogens is 1. The molecule has 27 heavy (non-hydrogen) atoms. The summed E-state index contributed by atoms with van der Waals surface area (Å²) in [5, 5.41) is 13.1. The number of hydrogen-bond acceptors (Lipinski definition) is 6. The van der Waals surface area contributed by atoms with Gasteiger partial charge >= 0.3 is 0 Å². The van der Waals surface area contributed by atoms with Gasteiger partial charge in [0, 0.05) is 16.5 Å². The summed E-state index contributed by atoms with van der Waals surface area (Å²) < 4.78 is 0.0933. The monoisotopic (exact) mass is 373 g/mol. The van der Waals surface area contributed by atoms with Gasteiger partial charge in [0.15, 0.2) is 5.56 Å². The molecule has 7 heteroatoms. The van der Waals surface area contributed by atoms with Gasteiger partial charge in [-0.25, -0.2) is 0 Å². The van der Waals surface area contributed by atoms with Crippen LogP contribution in [-0.4, -0.2) is 4.98 Å². The molecule has 2 aliphatic rings. The number of rotatable bonds is 2. The predicted octanol–water partition coefficient (Wildman–Crippen LogP) is 2.65. The number of nitrogens with one attached hydrogen (secondary N) is 2. The molecule has 1 aliphatic heterocycles. The number of aromatic nitrogens is 1. The molecule has 0 saturated heterocycles. The number of nitriles is 1. The van der Waals surface area contributed by atoms with Crippen LogP contribution in [0.1, 0.15) is 5.56 Å². The third-order valence-corrected chi connectivity index (χ3v) is 5.22. The maximum absolute atomic E-state index is 12.9. The molecular weight excluding hydrogens is 362 g/mol. The highest BCUT2D eigenvalue weighted by Crippen LogP contribution is 2.22. The first-order valence-electron chi connectivity index (χ1n) is 7.98. The van der Waals surface area contributed by atoms with Crippen LogP contribution in [0.4, 0.5) is 10.7 Å². The van der Waals surface area contributed by atoms with Crippen LogP contribution in [0, 0.1) is 21.2 Å². The van der Waals surface area contributed by atoms with Gasteiger partial charge in [-0.05, 0) is 12.1 Å².